The van der Waals surface area contributed by atoms with Crippen molar-refractivity contribution in [2.75, 3.05) is 5.73 Å². The normalized spacial score (nSPS) is 11.2. The number of nitrogen functional groups attached to an aromatic ring is 1. The van der Waals surface area contributed by atoms with Gasteiger partial charge in [0, 0.05) is 17.5 Å². The number of rotatable bonds is 4. The van der Waals surface area contributed by atoms with E-state index in [1.54, 1.807) is 4.57 Å². The van der Waals surface area contributed by atoms with Crippen molar-refractivity contribution < 1.29 is 4.42 Å². The van der Waals surface area contributed by atoms with Gasteiger partial charge < -0.3 is 10.2 Å². The molecule has 0 fully saturated rings. The van der Waals surface area contributed by atoms with Gasteiger partial charge in [-0.15, -0.1) is 11.3 Å². The SMILES string of the molecule is Nc1nc(-c2ccc3c(c2)oc(=O)n3CCc2ccccc2)cs1. The van der Waals surface area contributed by atoms with Gasteiger partial charge in [-0.2, -0.15) is 0 Å². The minimum absolute atomic E-state index is 0.337. The molecule has 2 N–H and O–H groups in total. The van der Waals surface area contributed by atoms with Gasteiger partial charge >= 0.3 is 5.76 Å². The monoisotopic (exact) mass is 337 g/mol. The number of hydrogen-bond donors (Lipinski definition) is 1. The third-order valence-electron chi connectivity index (χ3n) is 3.95. The molecule has 4 aromatic rings. The predicted molar refractivity (Wildman–Crippen MR) is 96.1 cm³/mol. The van der Waals surface area contributed by atoms with Crippen LogP contribution < -0.4 is 11.5 Å². The van der Waals surface area contributed by atoms with E-state index in [0.717, 1.165) is 23.2 Å². The Bertz CT molecular complexity index is 1050. The first-order chi connectivity index (χ1) is 11.7. The molecule has 0 saturated heterocycles. The summed E-state index contributed by atoms with van der Waals surface area (Å²) in [5, 5.41) is 2.41. The lowest BCUT2D eigenvalue weighted by atomic mass is 10.1. The second kappa shape index (κ2) is 5.98. The summed E-state index contributed by atoms with van der Waals surface area (Å²) in [7, 11) is 0. The molecule has 0 bridgehead atoms. The van der Waals surface area contributed by atoms with Gasteiger partial charge in [-0.1, -0.05) is 36.4 Å². The van der Waals surface area contributed by atoms with Gasteiger partial charge in [0.25, 0.3) is 0 Å². The molecule has 0 amide bonds. The molecule has 24 heavy (non-hydrogen) atoms. The molecular weight excluding hydrogens is 322 g/mol. The molecular formula is C18H15N3O2S. The molecule has 0 aliphatic carbocycles. The summed E-state index contributed by atoms with van der Waals surface area (Å²) in [4.78, 5) is 16.4. The maximum Gasteiger partial charge on any atom is 0.419 e. The Morgan fingerprint density at radius 2 is 2.00 bits per heavy atom. The number of aryl methyl sites for hydroxylation is 2. The van der Waals surface area contributed by atoms with Crippen molar-refractivity contribution >= 4 is 27.6 Å². The maximum absolute atomic E-state index is 12.2. The number of aromatic nitrogens is 2. The maximum atomic E-state index is 12.2. The molecule has 0 radical (unpaired) electrons. The van der Waals surface area contributed by atoms with Crippen LogP contribution >= 0.6 is 11.3 Å². The van der Waals surface area contributed by atoms with Gasteiger partial charge in [0.05, 0.1) is 11.2 Å². The summed E-state index contributed by atoms with van der Waals surface area (Å²) in [6.07, 6.45) is 0.778. The lowest BCUT2D eigenvalue weighted by Crippen LogP contribution is -2.15. The fourth-order valence-corrected chi connectivity index (χ4v) is 3.32. The number of anilines is 1. The second-order valence-electron chi connectivity index (χ2n) is 5.51. The van der Waals surface area contributed by atoms with E-state index in [1.165, 1.54) is 16.9 Å². The first-order valence-electron chi connectivity index (χ1n) is 7.59. The topological polar surface area (TPSA) is 74.1 Å². The van der Waals surface area contributed by atoms with E-state index in [0.29, 0.717) is 17.3 Å². The van der Waals surface area contributed by atoms with Crippen LogP contribution in [0.4, 0.5) is 5.13 Å². The van der Waals surface area contributed by atoms with Crippen LogP contribution in [0.1, 0.15) is 5.56 Å². The highest BCUT2D eigenvalue weighted by molar-refractivity contribution is 7.13. The molecule has 0 unspecified atom stereocenters. The first-order valence-corrected chi connectivity index (χ1v) is 8.47. The number of nitrogens with zero attached hydrogens (tertiary/aromatic N) is 2. The van der Waals surface area contributed by atoms with E-state index in [2.05, 4.69) is 17.1 Å². The highest BCUT2D eigenvalue weighted by Gasteiger charge is 2.11. The molecule has 0 aliphatic heterocycles. The molecule has 2 aromatic carbocycles. The Balaban J connectivity index is 1.67. The van der Waals surface area contributed by atoms with Crippen LogP contribution in [0.3, 0.4) is 0 Å². The zero-order valence-electron chi connectivity index (χ0n) is 12.8. The number of fused-ring (bicyclic) bond motifs is 1. The van der Waals surface area contributed by atoms with E-state index >= 15 is 0 Å². The standard InChI is InChI=1S/C18H15N3O2S/c19-17-20-14(11-24-17)13-6-7-15-16(10-13)23-18(22)21(15)9-8-12-4-2-1-3-5-12/h1-7,10-11H,8-9H2,(H2,19,20). The number of oxazole rings is 1. The molecule has 120 valence electrons. The lowest BCUT2D eigenvalue weighted by Gasteiger charge is -2.03. The van der Waals surface area contributed by atoms with E-state index in [-0.39, 0.29) is 5.76 Å². The third kappa shape index (κ3) is 2.72. The molecule has 6 heteroatoms. The summed E-state index contributed by atoms with van der Waals surface area (Å²) in [5.74, 6) is -0.337. The van der Waals surface area contributed by atoms with Crippen molar-refractivity contribution in [1.82, 2.24) is 9.55 Å². The van der Waals surface area contributed by atoms with Crippen LogP contribution in [0, 0.1) is 0 Å². The highest BCUT2D eigenvalue weighted by Crippen LogP contribution is 2.26. The van der Waals surface area contributed by atoms with Crippen molar-refractivity contribution in [3.63, 3.8) is 0 Å². The van der Waals surface area contributed by atoms with E-state index < -0.39 is 0 Å². The van der Waals surface area contributed by atoms with Crippen molar-refractivity contribution in [3.8, 4) is 11.3 Å². The number of thiazole rings is 1. The molecule has 0 atom stereocenters. The fourth-order valence-electron chi connectivity index (χ4n) is 2.74. The lowest BCUT2D eigenvalue weighted by molar-refractivity contribution is 0.505. The van der Waals surface area contributed by atoms with Crippen molar-refractivity contribution in [3.05, 3.63) is 70.0 Å². The van der Waals surface area contributed by atoms with Crippen molar-refractivity contribution in [1.29, 1.82) is 0 Å². The van der Waals surface area contributed by atoms with Gasteiger partial charge in [0.15, 0.2) is 10.7 Å². The Hall–Kier alpha value is -2.86. The van der Waals surface area contributed by atoms with Gasteiger partial charge in [0.2, 0.25) is 0 Å². The van der Waals surface area contributed by atoms with Crippen LogP contribution in [0.15, 0.2) is 63.1 Å². The number of nitrogens with two attached hydrogens (primary N) is 1. The second-order valence-corrected chi connectivity index (χ2v) is 6.40. The molecule has 0 aliphatic rings. The molecule has 0 saturated carbocycles. The summed E-state index contributed by atoms with van der Waals surface area (Å²) >= 11 is 1.39. The van der Waals surface area contributed by atoms with Gasteiger partial charge in [-0.05, 0) is 24.1 Å². The van der Waals surface area contributed by atoms with Crippen LogP contribution in [-0.4, -0.2) is 9.55 Å². The minimum Gasteiger partial charge on any atom is -0.408 e. The summed E-state index contributed by atoms with van der Waals surface area (Å²) in [6.45, 7) is 0.582. The smallest absolute Gasteiger partial charge is 0.408 e. The number of hydrogen-bond acceptors (Lipinski definition) is 5. The molecule has 4 rings (SSSR count). The Kier molecular flexibility index (Phi) is 3.66. The average Bonchev–Trinajstić information content (AvgIpc) is 3.16. The minimum atomic E-state index is -0.337. The van der Waals surface area contributed by atoms with Crippen LogP contribution in [-0.2, 0) is 13.0 Å². The van der Waals surface area contributed by atoms with Gasteiger partial charge in [0.1, 0.15) is 0 Å². The van der Waals surface area contributed by atoms with Gasteiger partial charge in [-0.3, -0.25) is 4.57 Å². The zero-order valence-corrected chi connectivity index (χ0v) is 13.6. The quantitative estimate of drug-likeness (QED) is 0.618. The average molecular weight is 337 g/mol. The highest BCUT2D eigenvalue weighted by atomic mass is 32.1. The third-order valence-corrected chi connectivity index (χ3v) is 4.63. The molecule has 2 aromatic heterocycles. The predicted octanol–water partition coefficient (Wildman–Crippen LogP) is 3.54. The van der Waals surface area contributed by atoms with Crippen LogP contribution in [0.2, 0.25) is 0 Å². The summed E-state index contributed by atoms with van der Waals surface area (Å²) in [5.41, 5.74) is 9.91. The molecule has 0 spiro atoms. The molecule has 2 heterocycles. The number of benzene rings is 2. The van der Waals surface area contributed by atoms with E-state index in [4.69, 9.17) is 10.2 Å². The Morgan fingerprint density at radius 3 is 2.75 bits per heavy atom. The van der Waals surface area contributed by atoms with Crippen LogP contribution in [0.5, 0.6) is 0 Å². The summed E-state index contributed by atoms with van der Waals surface area (Å²) < 4.78 is 7.08. The van der Waals surface area contributed by atoms with Crippen LogP contribution in [0.25, 0.3) is 22.4 Å². The van der Waals surface area contributed by atoms with Crippen molar-refractivity contribution in [2.24, 2.45) is 0 Å². The summed E-state index contributed by atoms with van der Waals surface area (Å²) in [6, 6.07) is 15.8. The Morgan fingerprint density at radius 1 is 1.17 bits per heavy atom. The van der Waals surface area contributed by atoms with E-state index in [9.17, 15) is 4.79 Å². The van der Waals surface area contributed by atoms with Gasteiger partial charge in [-0.25, -0.2) is 9.78 Å². The first kappa shape index (κ1) is 14.7. The molecule has 5 nitrogen and oxygen atoms in total. The largest absolute Gasteiger partial charge is 0.419 e. The zero-order chi connectivity index (χ0) is 16.5. The fraction of sp³-hybridized carbons (Fsp3) is 0.111. The van der Waals surface area contributed by atoms with Crippen molar-refractivity contribution in [2.45, 2.75) is 13.0 Å². The van der Waals surface area contributed by atoms with E-state index in [1.807, 2.05) is 41.8 Å². The Labute approximate surface area is 142 Å².